The number of rotatable bonds is 7. The predicted molar refractivity (Wildman–Crippen MR) is 81.7 cm³/mol. The predicted octanol–water partition coefficient (Wildman–Crippen LogP) is 3.69. The first-order chi connectivity index (χ1) is 9.16. The van der Waals surface area contributed by atoms with Crippen molar-refractivity contribution >= 4 is 11.3 Å². The van der Waals surface area contributed by atoms with Crippen molar-refractivity contribution in [3.05, 3.63) is 40.1 Å². The maximum Gasteiger partial charge on any atom is 0.105 e. The van der Waals surface area contributed by atoms with Gasteiger partial charge in [-0.1, -0.05) is 0 Å². The van der Waals surface area contributed by atoms with Gasteiger partial charge in [0, 0.05) is 34.7 Å². The van der Waals surface area contributed by atoms with E-state index >= 15 is 0 Å². The van der Waals surface area contributed by atoms with Crippen LogP contribution in [0.3, 0.4) is 0 Å². The topological polar surface area (TPSA) is 29.9 Å². The number of hydrogen-bond donors (Lipinski definition) is 1. The van der Waals surface area contributed by atoms with E-state index in [9.17, 15) is 0 Å². The highest BCUT2D eigenvalue weighted by Crippen LogP contribution is 2.22. The summed E-state index contributed by atoms with van der Waals surface area (Å²) in [4.78, 5) is 7.06. The van der Waals surface area contributed by atoms with Gasteiger partial charge in [0.05, 0.1) is 0 Å². The van der Waals surface area contributed by atoms with Crippen molar-refractivity contribution < 1.29 is 0 Å². The molecule has 3 nitrogen and oxygen atoms in total. The lowest BCUT2D eigenvalue weighted by molar-refractivity contribution is 0.524. The summed E-state index contributed by atoms with van der Waals surface area (Å²) in [5.41, 5.74) is 0. The van der Waals surface area contributed by atoms with Gasteiger partial charge in [0.15, 0.2) is 0 Å². The molecule has 2 rings (SSSR count). The van der Waals surface area contributed by atoms with Crippen LogP contribution in [-0.2, 0) is 6.54 Å². The number of aryl methyl sites for hydroxylation is 3. The third-order valence-corrected chi connectivity index (χ3v) is 4.57. The molecule has 0 unspecified atom stereocenters. The Bertz CT molecular complexity index is 501. The second kappa shape index (κ2) is 6.87. The summed E-state index contributed by atoms with van der Waals surface area (Å²) in [6.45, 7) is 8.60. The van der Waals surface area contributed by atoms with Crippen LogP contribution in [0.5, 0.6) is 0 Å². The average Bonchev–Trinajstić information content (AvgIpc) is 2.98. The van der Waals surface area contributed by atoms with Crippen LogP contribution in [0.2, 0.25) is 0 Å². The molecule has 0 bridgehead atoms. The molecule has 2 heterocycles. The van der Waals surface area contributed by atoms with Gasteiger partial charge in [-0.2, -0.15) is 0 Å². The Balaban J connectivity index is 1.63. The normalized spacial score (nSPS) is 12.8. The molecule has 0 aliphatic heterocycles. The number of hydrogen-bond acceptors (Lipinski definition) is 3. The summed E-state index contributed by atoms with van der Waals surface area (Å²) in [6.07, 6.45) is 6.32. The smallest absolute Gasteiger partial charge is 0.105 e. The Hall–Kier alpha value is -1.13. The Morgan fingerprint density at radius 3 is 2.79 bits per heavy atom. The maximum absolute atomic E-state index is 4.23. The molecule has 2 aromatic heterocycles. The zero-order valence-corrected chi connectivity index (χ0v) is 12.8. The fraction of sp³-hybridized carbons (Fsp3) is 0.533. The van der Waals surface area contributed by atoms with Crippen LogP contribution < -0.4 is 5.32 Å². The molecule has 104 valence electrons. The molecule has 4 heteroatoms. The zero-order chi connectivity index (χ0) is 13.7. The van der Waals surface area contributed by atoms with E-state index in [-0.39, 0.29) is 0 Å². The van der Waals surface area contributed by atoms with Gasteiger partial charge in [0.25, 0.3) is 0 Å². The van der Waals surface area contributed by atoms with Gasteiger partial charge in [-0.25, -0.2) is 4.98 Å². The summed E-state index contributed by atoms with van der Waals surface area (Å²) in [5, 5.41) is 3.59. The maximum atomic E-state index is 4.23. The Morgan fingerprint density at radius 1 is 1.32 bits per heavy atom. The van der Waals surface area contributed by atoms with Crippen LogP contribution in [0.1, 0.15) is 41.4 Å². The van der Waals surface area contributed by atoms with Gasteiger partial charge in [-0.15, -0.1) is 11.3 Å². The minimum Gasteiger partial charge on any atom is -0.335 e. The molecule has 0 saturated heterocycles. The highest BCUT2D eigenvalue weighted by Gasteiger charge is 2.06. The van der Waals surface area contributed by atoms with Crippen molar-refractivity contribution in [3.63, 3.8) is 0 Å². The van der Waals surface area contributed by atoms with E-state index in [0.29, 0.717) is 6.04 Å². The molecular weight excluding hydrogens is 254 g/mol. The number of aromatic nitrogens is 2. The summed E-state index contributed by atoms with van der Waals surface area (Å²) in [7, 11) is 0. The second-order valence-electron chi connectivity index (χ2n) is 5.00. The van der Waals surface area contributed by atoms with Crippen LogP contribution in [-0.4, -0.2) is 16.1 Å². The first-order valence-corrected chi connectivity index (χ1v) is 7.76. The second-order valence-corrected chi connectivity index (χ2v) is 6.32. The minimum atomic E-state index is 0.466. The summed E-state index contributed by atoms with van der Waals surface area (Å²) in [6, 6.07) is 4.89. The monoisotopic (exact) mass is 277 g/mol. The Morgan fingerprint density at radius 2 is 2.16 bits per heavy atom. The van der Waals surface area contributed by atoms with E-state index in [1.54, 1.807) is 0 Å². The third kappa shape index (κ3) is 4.18. The van der Waals surface area contributed by atoms with Crippen molar-refractivity contribution in [1.82, 2.24) is 14.9 Å². The van der Waals surface area contributed by atoms with E-state index in [2.05, 4.69) is 54.0 Å². The molecule has 19 heavy (non-hydrogen) atoms. The number of nitrogens with zero attached hydrogens (tertiary/aromatic N) is 2. The van der Waals surface area contributed by atoms with Gasteiger partial charge in [-0.3, -0.25) is 0 Å². The van der Waals surface area contributed by atoms with E-state index < -0.39 is 0 Å². The molecule has 0 amide bonds. The van der Waals surface area contributed by atoms with Crippen LogP contribution >= 0.6 is 11.3 Å². The molecule has 0 radical (unpaired) electrons. The highest BCUT2D eigenvalue weighted by molar-refractivity contribution is 7.12. The first-order valence-electron chi connectivity index (χ1n) is 6.94. The molecule has 1 atom stereocenters. The standard InChI is InChI=1S/C15H23N3S/c1-12-6-7-15(19-12)13(2)16-8-4-5-10-18-11-9-17-14(18)3/h6-7,9,11,13,16H,4-5,8,10H2,1-3H3/t13-/m1/s1. The van der Waals surface area contributed by atoms with Crippen LogP contribution in [0.15, 0.2) is 24.5 Å². The molecule has 0 spiro atoms. The van der Waals surface area contributed by atoms with Crippen molar-refractivity contribution in [3.8, 4) is 0 Å². The third-order valence-electron chi connectivity index (χ3n) is 3.39. The number of thiophene rings is 1. The largest absolute Gasteiger partial charge is 0.335 e. The van der Waals surface area contributed by atoms with E-state index in [0.717, 1.165) is 18.9 Å². The molecule has 1 N–H and O–H groups in total. The van der Waals surface area contributed by atoms with Gasteiger partial charge in [-0.05, 0) is 52.3 Å². The van der Waals surface area contributed by atoms with Crippen molar-refractivity contribution in [2.24, 2.45) is 0 Å². The average molecular weight is 277 g/mol. The van der Waals surface area contributed by atoms with Crippen LogP contribution in [0, 0.1) is 13.8 Å². The molecular formula is C15H23N3S. The molecule has 2 aromatic rings. The van der Waals surface area contributed by atoms with Crippen molar-refractivity contribution in [1.29, 1.82) is 0 Å². The Labute approximate surface area is 119 Å². The lowest BCUT2D eigenvalue weighted by Crippen LogP contribution is -2.19. The SMILES string of the molecule is Cc1ccc([C@@H](C)NCCCCn2ccnc2C)s1. The van der Waals surface area contributed by atoms with Gasteiger partial charge in [0.2, 0.25) is 0 Å². The number of unbranched alkanes of at least 4 members (excludes halogenated alkanes) is 1. The molecule has 0 aliphatic rings. The quantitative estimate of drug-likeness (QED) is 0.782. The summed E-state index contributed by atoms with van der Waals surface area (Å²) < 4.78 is 2.21. The highest BCUT2D eigenvalue weighted by atomic mass is 32.1. The summed E-state index contributed by atoms with van der Waals surface area (Å²) >= 11 is 1.88. The van der Waals surface area contributed by atoms with E-state index in [1.807, 2.05) is 17.5 Å². The molecule has 0 aromatic carbocycles. The molecule has 0 aliphatic carbocycles. The fourth-order valence-electron chi connectivity index (χ4n) is 2.15. The lowest BCUT2D eigenvalue weighted by atomic mass is 10.2. The molecule has 0 saturated carbocycles. The van der Waals surface area contributed by atoms with Gasteiger partial charge < -0.3 is 9.88 Å². The van der Waals surface area contributed by atoms with Gasteiger partial charge in [0.1, 0.15) is 5.82 Å². The van der Waals surface area contributed by atoms with Gasteiger partial charge >= 0.3 is 0 Å². The molecule has 0 fully saturated rings. The van der Waals surface area contributed by atoms with Crippen molar-refractivity contribution in [2.75, 3.05) is 6.54 Å². The Kier molecular flexibility index (Phi) is 5.16. The van der Waals surface area contributed by atoms with E-state index in [4.69, 9.17) is 0 Å². The first kappa shape index (κ1) is 14.3. The lowest BCUT2D eigenvalue weighted by Gasteiger charge is -2.12. The van der Waals surface area contributed by atoms with Crippen LogP contribution in [0.4, 0.5) is 0 Å². The fourth-order valence-corrected chi connectivity index (χ4v) is 3.06. The zero-order valence-electron chi connectivity index (χ0n) is 12.0. The number of nitrogens with one attached hydrogen (secondary N) is 1. The van der Waals surface area contributed by atoms with Crippen LogP contribution in [0.25, 0.3) is 0 Å². The van der Waals surface area contributed by atoms with Crippen molar-refractivity contribution in [2.45, 2.75) is 46.2 Å². The van der Waals surface area contributed by atoms with E-state index in [1.165, 1.54) is 22.6 Å². The summed E-state index contributed by atoms with van der Waals surface area (Å²) in [5.74, 6) is 1.11. The number of imidazole rings is 1. The minimum absolute atomic E-state index is 0.466.